The van der Waals surface area contributed by atoms with E-state index in [0.29, 0.717) is 18.9 Å². The van der Waals surface area contributed by atoms with Gasteiger partial charge in [0.1, 0.15) is 11.5 Å². The Labute approximate surface area is 191 Å². The summed E-state index contributed by atoms with van der Waals surface area (Å²) in [5.74, 6) is 1.01. The average molecular weight is 461 g/mol. The standard InChI is InChI=1S/C16H22O5.C7H5NO4/c1-11-8-14(16(17)19-3)21-15(9-11)20-13-6-4-12(5-7-13)10-18-2;9-5-12-7-3-1-6(2-4-7)8(10)11/h4-7,11,14-15H,8-10H2,1-3H3;1-5H. The van der Waals surface area contributed by atoms with E-state index in [1.54, 1.807) is 7.11 Å². The zero-order valence-corrected chi connectivity index (χ0v) is 18.7. The Morgan fingerprint density at radius 1 is 1.09 bits per heavy atom. The Balaban J connectivity index is 0.000000273. The second-order valence-electron chi connectivity index (χ2n) is 7.31. The number of nitro groups is 1. The van der Waals surface area contributed by atoms with E-state index >= 15 is 0 Å². The molecule has 1 fully saturated rings. The minimum Gasteiger partial charge on any atom is -0.467 e. The molecule has 178 valence electrons. The molecule has 3 unspecified atom stereocenters. The van der Waals surface area contributed by atoms with E-state index in [1.165, 1.54) is 31.4 Å². The lowest BCUT2D eigenvalue weighted by atomic mass is 9.97. The van der Waals surface area contributed by atoms with Crippen LogP contribution in [-0.2, 0) is 30.4 Å². The molecule has 3 atom stereocenters. The van der Waals surface area contributed by atoms with Gasteiger partial charge in [-0.3, -0.25) is 14.9 Å². The van der Waals surface area contributed by atoms with Crippen molar-refractivity contribution in [1.29, 1.82) is 0 Å². The molecular weight excluding hydrogens is 434 g/mol. The first-order chi connectivity index (χ1) is 15.9. The first-order valence-corrected chi connectivity index (χ1v) is 10.2. The second-order valence-corrected chi connectivity index (χ2v) is 7.31. The number of esters is 1. The van der Waals surface area contributed by atoms with Gasteiger partial charge in [0, 0.05) is 25.7 Å². The van der Waals surface area contributed by atoms with Crippen LogP contribution in [0, 0.1) is 16.0 Å². The summed E-state index contributed by atoms with van der Waals surface area (Å²) in [6.45, 7) is 2.92. The van der Waals surface area contributed by atoms with E-state index < -0.39 is 17.3 Å². The predicted octanol–water partition coefficient (Wildman–Crippen LogP) is 3.66. The molecule has 0 saturated carbocycles. The molecule has 0 aromatic heterocycles. The maximum absolute atomic E-state index is 11.6. The van der Waals surface area contributed by atoms with Gasteiger partial charge in [0.2, 0.25) is 6.29 Å². The van der Waals surface area contributed by atoms with E-state index in [1.807, 2.05) is 24.3 Å². The van der Waals surface area contributed by atoms with Crippen molar-refractivity contribution >= 4 is 18.1 Å². The molecule has 10 nitrogen and oxygen atoms in total. The molecule has 0 aliphatic carbocycles. The number of hydrogen-bond donors (Lipinski definition) is 0. The molecule has 10 heteroatoms. The largest absolute Gasteiger partial charge is 0.467 e. The first-order valence-electron chi connectivity index (χ1n) is 10.2. The fraction of sp³-hybridized carbons (Fsp3) is 0.391. The summed E-state index contributed by atoms with van der Waals surface area (Å²) in [5, 5.41) is 10.2. The van der Waals surface area contributed by atoms with Crippen LogP contribution in [0.2, 0.25) is 0 Å². The third-order valence-electron chi connectivity index (χ3n) is 4.73. The van der Waals surface area contributed by atoms with Gasteiger partial charge < -0.3 is 23.7 Å². The van der Waals surface area contributed by atoms with Crippen molar-refractivity contribution in [3.8, 4) is 11.5 Å². The quantitative estimate of drug-likeness (QED) is 0.251. The van der Waals surface area contributed by atoms with Crippen molar-refractivity contribution in [3.63, 3.8) is 0 Å². The van der Waals surface area contributed by atoms with Crippen LogP contribution in [0.25, 0.3) is 0 Å². The molecule has 2 aromatic carbocycles. The molecule has 3 rings (SSSR count). The number of ether oxygens (including phenoxy) is 5. The number of carbonyl (C=O) groups is 2. The zero-order chi connectivity index (χ0) is 24.2. The van der Waals surface area contributed by atoms with Crippen molar-refractivity contribution in [2.45, 2.75) is 38.8 Å². The number of nitrogens with zero attached hydrogens (tertiary/aromatic N) is 1. The van der Waals surface area contributed by atoms with Crippen LogP contribution in [0.15, 0.2) is 48.5 Å². The molecule has 1 aliphatic heterocycles. The number of carbonyl (C=O) groups excluding carboxylic acids is 2. The molecule has 1 saturated heterocycles. The second kappa shape index (κ2) is 13.1. The molecule has 0 N–H and O–H groups in total. The van der Waals surface area contributed by atoms with Crippen LogP contribution >= 0.6 is 0 Å². The maximum Gasteiger partial charge on any atom is 0.335 e. The molecular formula is C23H27NO9. The number of benzene rings is 2. The van der Waals surface area contributed by atoms with Crippen molar-refractivity contribution < 1.29 is 38.2 Å². The van der Waals surface area contributed by atoms with Crippen LogP contribution in [0.3, 0.4) is 0 Å². The van der Waals surface area contributed by atoms with Gasteiger partial charge in [-0.1, -0.05) is 19.1 Å². The van der Waals surface area contributed by atoms with Gasteiger partial charge in [-0.15, -0.1) is 0 Å². The highest BCUT2D eigenvalue weighted by molar-refractivity contribution is 5.74. The minimum absolute atomic E-state index is 0.0340. The lowest BCUT2D eigenvalue weighted by Gasteiger charge is -2.32. The summed E-state index contributed by atoms with van der Waals surface area (Å²) >= 11 is 0. The smallest absolute Gasteiger partial charge is 0.335 e. The SMILES string of the molecule is COCc1ccc(OC2CC(C)CC(C(=O)OC)O2)cc1.O=COc1ccc([N+](=O)[O-])cc1. The topological polar surface area (TPSA) is 123 Å². The molecule has 1 heterocycles. The Bertz CT molecular complexity index is 899. The van der Waals surface area contributed by atoms with Crippen molar-refractivity contribution in [1.82, 2.24) is 0 Å². The highest BCUT2D eigenvalue weighted by Crippen LogP contribution is 2.27. The number of rotatable bonds is 8. The van der Waals surface area contributed by atoms with Crippen molar-refractivity contribution in [2.75, 3.05) is 14.2 Å². The van der Waals surface area contributed by atoms with Gasteiger partial charge in [-0.05, 0) is 42.2 Å². The van der Waals surface area contributed by atoms with Gasteiger partial charge in [0.15, 0.2) is 6.10 Å². The fourth-order valence-electron chi connectivity index (χ4n) is 3.13. The number of non-ortho nitro benzene ring substituents is 1. The maximum atomic E-state index is 11.6. The van der Waals surface area contributed by atoms with Crippen molar-refractivity contribution in [2.24, 2.45) is 5.92 Å². The summed E-state index contributed by atoms with van der Waals surface area (Å²) in [6, 6.07) is 12.9. The van der Waals surface area contributed by atoms with Gasteiger partial charge in [-0.25, -0.2) is 4.79 Å². The van der Waals surface area contributed by atoms with Crippen LogP contribution in [0.5, 0.6) is 11.5 Å². The molecule has 0 bridgehead atoms. The first kappa shape index (κ1) is 25.8. The van der Waals surface area contributed by atoms with E-state index in [4.69, 9.17) is 18.9 Å². The van der Waals surface area contributed by atoms with E-state index in [0.717, 1.165) is 17.7 Å². The van der Waals surface area contributed by atoms with Crippen LogP contribution < -0.4 is 9.47 Å². The predicted molar refractivity (Wildman–Crippen MR) is 117 cm³/mol. The van der Waals surface area contributed by atoms with Crippen LogP contribution in [0.1, 0.15) is 25.3 Å². The third kappa shape index (κ3) is 8.51. The van der Waals surface area contributed by atoms with Gasteiger partial charge in [-0.2, -0.15) is 0 Å². The molecule has 0 amide bonds. The lowest BCUT2D eigenvalue weighted by Crippen LogP contribution is -2.40. The fourth-order valence-corrected chi connectivity index (χ4v) is 3.13. The van der Waals surface area contributed by atoms with Crippen LogP contribution in [0.4, 0.5) is 5.69 Å². The molecule has 1 aliphatic rings. The van der Waals surface area contributed by atoms with Gasteiger partial charge >= 0.3 is 5.97 Å². The van der Waals surface area contributed by atoms with Crippen molar-refractivity contribution in [3.05, 3.63) is 64.2 Å². The van der Waals surface area contributed by atoms with E-state index in [-0.39, 0.29) is 23.9 Å². The van der Waals surface area contributed by atoms with E-state index in [9.17, 15) is 19.7 Å². The average Bonchev–Trinajstić information content (AvgIpc) is 2.80. The Kier molecular flexibility index (Phi) is 10.3. The normalized spacial score (nSPS) is 19.4. The third-order valence-corrected chi connectivity index (χ3v) is 4.73. The molecule has 33 heavy (non-hydrogen) atoms. The van der Waals surface area contributed by atoms with Gasteiger partial charge in [0.05, 0.1) is 18.6 Å². The Morgan fingerprint density at radius 2 is 1.73 bits per heavy atom. The summed E-state index contributed by atoms with van der Waals surface area (Å²) in [4.78, 5) is 31.1. The molecule has 0 radical (unpaired) electrons. The summed E-state index contributed by atoms with van der Waals surface area (Å²) < 4.78 is 25.7. The van der Waals surface area contributed by atoms with Crippen LogP contribution in [-0.4, -0.2) is 44.0 Å². The minimum atomic E-state index is -0.545. The Hall–Kier alpha value is -3.50. The number of hydrogen-bond acceptors (Lipinski definition) is 9. The summed E-state index contributed by atoms with van der Waals surface area (Å²) in [5.41, 5.74) is 1.04. The molecule has 2 aromatic rings. The number of methoxy groups -OCH3 is 2. The lowest BCUT2D eigenvalue weighted by molar-refractivity contribution is -0.384. The number of nitro benzene ring substituents is 1. The van der Waals surface area contributed by atoms with E-state index in [2.05, 4.69) is 11.7 Å². The Morgan fingerprint density at radius 3 is 2.27 bits per heavy atom. The highest BCUT2D eigenvalue weighted by atomic mass is 16.7. The summed E-state index contributed by atoms with van der Waals surface area (Å²) in [7, 11) is 3.03. The monoisotopic (exact) mass is 461 g/mol. The summed E-state index contributed by atoms with van der Waals surface area (Å²) in [6.07, 6.45) is 0.453. The zero-order valence-electron chi connectivity index (χ0n) is 18.7. The van der Waals surface area contributed by atoms with Gasteiger partial charge in [0.25, 0.3) is 12.2 Å². The molecule has 0 spiro atoms. The highest BCUT2D eigenvalue weighted by Gasteiger charge is 2.33.